The molecule has 2 heterocycles. The quantitative estimate of drug-likeness (QED) is 0.899. The molecule has 5 heteroatoms. The molecule has 1 fully saturated rings. The summed E-state index contributed by atoms with van der Waals surface area (Å²) in [5.74, 6) is 2.53. The molecule has 1 aliphatic carbocycles. The van der Waals surface area contributed by atoms with Gasteiger partial charge in [-0.2, -0.15) is 4.98 Å². The maximum atomic E-state index is 6.46. The number of nitrogens with two attached hydrogens (primary N) is 1. The van der Waals surface area contributed by atoms with E-state index in [0.717, 1.165) is 30.6 Å². The van der Waals surface area contributed by atoms with Crippen LogP contribution in [0.2, 0.25) is 0 Å². The van der Waals surface area contributed by atoms with Crippen LogP contribution in [0.25, 0.3) is 11.5 Å². The average molecular weight is 261 g/mol. The molecule has 5 nitrogen and oxygen atoms in total. The molecular weight excluding hydrogens is 242 g/mol. The summed E-state index contributed by atoms with van der Waals surface area (Å²) in [6, 6.07) is 1.88. The zero-order chi connectivity index (χ0) is 13.5. The fourth-order valence-corrected chi connectivity index (χ4v) is 2.89. The molecule has 2 aromatic rings. The van der Waals surface area contributed by atoms with E-state index in [1.165, 1.54) is 6.42 Å². The van der Waals surface area contributed by atoms with Crippen molar-refractivity contribution in [3.8, 4) is 11.5 Å². The van der Waals surface area contributed by atoms with Crippen molar-refractivity contribution in [3.05, 3.63) is 23.9 Å². The lowest BCUT2D eigenvalue weighted by molar-refractivity contribution is 0.222. The van der Waals surface area contributed by atoms with Crippen LogP contribution in [-0.4, -0.2) is 10.1 Å². The number of aromatic nitrogens is 2. The summed E-state index contributed by atoms with van der Waals surface area (Å²) in [5.41, 5.74) is 6.82. The first-order valence-corrected chi connectivity index (χ1v) is 6.75. The van der Waals surface area contributed by atoms with Crippen LogP contribution < -0.4 is 5.73 Å². The van der Waals surface area contributed by atoms with E-state index in [1.54, 1.807) is 6.26 Å². The zero-order valence-electron chi connectivity index (χ0n) is 11.3. The van der Waals surface area contributed by atoms with Crippen LogP contribution in [0.4, 0.5) is 0 Å². The first-order valence-electron chi connectivity index (χ1n) is 6.75. The van der Waals surface area contributed by atoms with Crippen molar-refractivity contribution in [2.75, 3.05) is 0 Å². The molecule has 19 heavy (non-hydrogen) atoms. The Morgan fingerprint density at radius 2 is 2.32 bits per heavy atom. The highest BCUT2D eigenvalue weighted by atomic mass is 16.5. The third kappa shape index (κ3) is 2.30. The second-order valence-corrected chi connectivity index (χ2v) is 5.73. The summed E-state index contributed by atoms with van der Waals surface area (Å²) in [6.07, 6.45) is 5.80. The number of rotatable bonds is 2. The summed E-state index contributed by atoms with van der Waals surface area (Å²) in [6.45, 7) is 4.11. The summed E-state index contributed by atoms with van der Waals surface area (Å²) in [4.78, 5) is 4.46. The second-order valence-electron chi connectivity index (χ2n) is 5.73. The molecule has 3 rings (SSSR count). The molecule has 0 aromatic carbocycles. The Balaban J connectivity index is 1.88. The zero-order valence-corrected chi connectivity index (χ0v) is 11.3. The van der Waals surface area contributed by atoms with Crippen LogP contribution in [0, 0.1) is 12.8 Å². The lowest BCUT2D eigenvalue weighted by Gasteiger charge is -2.33. The molecule has 0 amide bonds. The number of hydrogen-bond donors (Lipinski definition) is 1. The smallest absolute Gasteiger partial charge is 0.261 e. The normalized spacial score (nSPS) is 27.6. The van der Waals surface area contributed by atoms with Gasteiger partial charge < -0.3 is 14.7 Å². The van der Waals surface area contributed by atoms with E-state index in [1.807, 2.05) is 13.0 Å². The van der Waals surface area contributed by atoms with E-state index in [9.17, 15) is 0 Å². The Kier molecular flexibility index (Phi) is 2.93. The van der Waals surface area contributed by atoms with E-state index < -0.39 is 5.54 Å². The molecule has 2 aromatic heterocycles. The fourth-order valence-electron chi connectivity index (χ4n) is 2.89. The first kappa shape index (κ1) is 12.4. The standard InChI is InChI=1S/C14H19N3O2/c1-9-4-3-5-14(15,7-9)13-16-12(19-17-13)11-6-10(2)18-8-11/h6,8-9H,3-5,7,15H2,1-2H3. The summed E-state index contributed by atoms with van der Waals surface area (Å²) in [7, 11) is 0. The van der Waals surface area contributed by atoms with E-state index in [4.69, 9.17) is 14.7 Å². The molecule has 1 saturated carbocycles. The Morgan fingerprint density at radius 3 is 3.00 bits per heavy atom. The molecule has 2 unspecified atom stereocenters. The Morgan fingerprint density at radius 1 is 1.47 bits per heavy atom. The van der Waals surface area contributed by atoms with Gasteiger partial charge in [0.1, 0.15) is 12.0 Å². The Hall–Kier alpha value is -1.62. The van der Waals surface area contributed by atoms with Crippen molar-refractivity contribution in [1.82, 2.24) is 10.1 Å². The van der Waals surface area contributed by atoms with Crippen LogP contribution in [-0.2, 0) is 5.54 Å². The Labute approximate surface area is 112 Å². The highest BCUT2D eigenvalue weighted by Gasteiger charge is 2.37. The predicted molar refractivity (Wildman–Crippen MR) is 70.2 cm³/mol. The molecule has 0 bridgehead atoms. The van der Waals surface area contributed by atoms with E-state index in [2.05, 4.69) is 17.1 Å². The lowest BCUT2D eigenvalue weighted by atomic mass is 9.76. The monoisotopic (exact) mass is 261 g/mol. The Bertz CT molecular complexity index is 575. The van der Waals surface area contributed by atoms with Gasteiger partial charge in [0, 0.05) is 0 Å². The minimum Gasteiger partial charge on any atom is -0.469 e. The highest BCUT2D eigenvalue weighted by molar-refractivity contribution is 5.51. The summed E-state index contributed by atoms with van der Waals surface area (Å²) < 4.78 is 10.6. The van der Waals surface area contributed by atoms with Crippen molar-refractivity contribution < 1.29 is 8.94 Å². The van der Waals surface area contributed by atoms with Crippen LogP contribution in [0.15, 0.2) is 21.3 Å². The summed E-state index contributed by atoms with van der Waals surface area (Å²) in [5, 5.41) is 4.08. The second kappa shape index (κ2) is 4.49. The molecule has 102 valence electrons. The topological polar surface area (TPSA) is 78.1 Å². The summed E-state index contributed by atoms with van der Waals surface area (Å²) >= 11 is 0. The van der Waals surface area contributed by atoms with Crippen LogP contribution in [0.5, 0.6) is 0 Å². The molecular formula is C14H19N3O2. The van der Waals surface area contributed by atoms with Crippen LogP contribution >= 0.6 is 0 Å². The number of aryl methyl sites for hydroxylation is 1. The van der Waals surface area contributed by atoms with Crippen molar-refractivity contribution in [2.45, 2.75) is 45.1 Å². The maximum absolute atomic E-state index is 6.46. The van der Waals surface area contributed by atoms with Crippen molar-refractivity contribution >= 4 is 0 Å². The largest absolute Gasteiger partial charge is 0.469 e. The first-order chi connectivity index (χ1) is 9.07. The van der Waals surface area contributed by atoms with E-state index >= 15 is 0 Å². The number of nitrogens with zero attached hydrogens (tertiary/aromatic N) is 2. The van der Waals surface area contributed by atoms with Gasteiger partial charge in [-0.1, -0.05) is 24.9 Å². The number of furan rings is 1. The SMILES string of the molecule is Cc1cc(-c2nc(C3(N)CCCC(C)C3)no2)co1. The fraction of sp³-hybridized carbons (Fsp3) is 0.571. The van der Waals surface area contributed by atoms with Crippen molar-refractivity contribution in [3.63, 3.8) is 0 Å². The van der Waals surface area contributed by atoms with Crippen molar-refractivity contribution in [2.24, 2.45) is 11.7 Å². The van der Waals surface area contributed by atoms with Gasteiger partial charge in [0.2, 0.25) is 0 Å². The number of hydrogen-bond acceptors (Lipinski definition) is 5. The molecule has 0 radical (unpaired) electrons. The van der Waals surface area contributed by atoms with E-state index in [0.29, 0.717) is 17.6 Å². The lowest BCUT2D eigenvalue weighted by Crippen LogP contribution is -2.42. The van der Waals surface area contributed by atoms with Gasteiger partial charge in [-0.25, -0.2) is 0 Å². The molecule has 0 saturated heterocycles. The molecule has 0 aliphatic heterocycles. The van der Waals surface area contributed by atoms with Gasteiger partial charge in [-0.3, -0.25) is 0 Å². The van der Waals surface area contributed by atoms with Gasteiger partial charge in [-0.15, -0.1) is 0 Å². The minimum absolute atomic E-state index is 0.446. The predicted octanol–water partition coefficient (Wildman–Crippen LogP) is 3.00. The van der Waals surface area contributed by atoms with E-state index in [-0.39, 0.29) is 0 Å². The molecule has 1 aliphatic rings. The van der Waals surface area contributed by atoms with Crippen LogP contribution in [0.3, 0.4) is 0 Å². The molecule has 0 spiro atoms. The van der Waals surface area contributed by atoms with Gasteiger partial charge in [-0.05, 0) is 31.7 Å². The minimum atomic E-state index is -0.446. The average Bonchev–Trinajstić information content (AvgIpc) is 2.96. The maximum Gasteiger partial charge on any atom is 0.261 e. The van der Waals surface area contributed by atoms with Gasteiger partial charge >= 0.3 is 0 Å². The molecule has 2 atom stereocenters. The third-order valence-electron chi connectivity index (χ3n) is 3.88. The van der Waals surface area contributed by atoms with Gasteiger partial charge in [0.15, 0.2) is 5.82 Å². The van der Waals surface area contributed by atoms with Gasteiger partial charge in [0.05, 0.1) is 11.1 Å². The van der Waals surface area contributed by atoms with Crippen molar-refractivity contribution in [1.29, 1.82) is 0 Å². The van der Waals surface area contributed by atoms with Gasteiger partial charge in [0.25, 0.3) is 5.89 Å². The molecule has 2 N–H and O–H groups in total. The third-order valence-corrected chi connectivity index (χ3v) is 3.88. The van der Waals surface area contributed by atoms with Crippen LogP contribution in [0.1, 0.15) is 44.2 Å². The highest BCUT2D eigenvalue weighted by Crippen LogP contribution is 2.37.